The maximum absolute atomic E-state index is 5.91. The van der Waals surface area contributed by atoms with Gasteiger partial charge < -0.3 is 15.4 Å². The molecule has 1 fully saturated rings. The molecule has 3 heteroatoms. The van der Waals surface area contributed by atoms with Crippen molar-refractivity contribution in [2.75, 3.05) is 33.3 Å². The molecule has 100 valence electrons. The molecule has 0 aromatic rings. The average Bonchev–Trinajstić information content (AvgIpc) is 2.36. The Morgan fingerprint density at radius 3 is 2.65 bits per heavy atom. The van der Waals surface area contributed by atoms with Crippen molar-refractivity contribution in [2.45, 2.75) is 38.2 Å². The summed E-state index contributed by atoms with van der Waals surface area (Å²) in [6, 6.07) is 0. The lowest BCUT2D eigenvalue weighted by atomic mass is 9.87. The van der Waals surface area contributed by atoms with Crippen LogP contribution in [0.25, 0.3) is 0 Å². The summed E-state index contributed by atoms with van der Waals surface area (Å²) in [4.78, 5) is 2.27. The van der Waals surface area contributed by atoms with E-state index in [1.807, 2.05) is 6.08 Å². The van der Waals surface area contributed by atoms with E-state index in [1.165, 1.54) is 25.7 Å². The van der Waals surface area contributed by atoms with Crippen LogP contribution in [-0.4, -0.2) is 44.3 Å². The molecule has 0 amide bonds. The van der Waals surface area contributed by atoms with Crippen LogP contribution in [-0.2, 0) is 4.74 Å². The van der Waals surface area contributed by atoms with E-state index in [1.54, 1.807) is 0 Å². The van der Waals surface area contributed by atoms with Gasteiger partial charge in [-0.05, 0) is 51.6 Å². The van der Waals surface area contributed by atoms with E-state index in [9.17, 15) is 0 Å². The minimum absolute atomic E-state index is 0.488. The van der Waals surface area contributed by atoms with Crippen molar-refractivity contribution in [3.05, 3.63) is 12.7 Å². The Labute approximate surface area is 106 Å². The summed E-state index contributed by atoms with van der Waals surface area (Å²) in [5.41, 5.74) is 5.68. The molecular weight excluding hydrogens is 212 g/mol. The van der Waals surface area contributed by atoms with Crippen molar-refractivity contribution >= 4 is 0 Å². The molecule has 0 heterocycles. The predicted molar refractivity (Wildman–Crippen MR) is 73.1 cm³/mol. The van der Waals surface area contributed by atoms with Crippen molar-refractivity contribution in [3.8, 4) is 0 Å². The molecule has 1 saturated carbocycles. The first-order chi connectivity index (χ1) is 8.26. The zero-order valence-corrected chi connectivity index (χ0v) is 11.2. The third-order valence-electron chi connectivity index (χ3n) is 3.61. The second kappa shape index (κ2) is 8.67. The normalized spacial score (nSPS) is 25.1. The summed E-state index contributed by atoms with van der Waals surface area (Å²) in [6.45, 7) is 7.52. The molecule has 0 unspecified atom stereocenters. The zero-order chi connectivity index (χ0) is 12.5. The quantitative estimate of drug-likeness (QED) is 0.521. The third-order valence-corrected chi connectivity index (χ3v) is 3.61. The number of likely N-dealkylation sites (N-methyl/N-ethyl adjacent to an activating group) is 1. The minimum Gasteiger partial charge on any atom is -0.378 e. The van der Waals surface area contributed by atoms with Gasteiger partial charge in [0.1, 0.15) is 0 Å². The lowest BCUT2D eigenvalue weighted by molar-refractivity contribution is 0.0155. The summed E-state index contributed by atoms with van der Waals surface area (Å²) in [6.07, 6.45) is 8.43. The molecule has 0 spiro atoms. The van der Waals surface area contributed by atoms with Gasteiger partial charge in [0.25, 0.3) is 0 Å². The molecule has 0 aromatic carbocycles. The molecule has 0 radical (unpaired) electrons. The molecule has 3 nitrogen and oxygen atoms in total. The highest BCUT2D eigenvalue weighted by molar-refractivity contribution is 4.73. The minimum atomic E-state index is 0.488. The Morgan fingerprint density at radius 2 is 2.06 bits per heavy atom. The molecule has 17 heavy (non-hydrogen) atoms. The summed E-state index contributed by atoms with van der Waals surface area (Å²) < 4.78 is 5.91. The van der Waals surface area contributed by atoms with Gasteiger partial charge in [-0.1, -0.05) is 6.08 Å². The second-order valence-corrected chi connectivity index (χ2v) is 5.15. The number of ether oxygens (including phenoxy) is 1. The van der Waals surface area contributed by atoms with Gasteiger partial charge in [0, 0.05) is 19.7 Å². The van der Waals surface area contributed by atoms with E-state index < -0.39 is 0 Å². The smallest absolute Gasteiger partial charge is 0.0575 e. The first-order valence-electron chi connectivity index (χ1n) is 6.87. The van der Waals surface area contributed by atoms with Crippen LogP contribution in [0.2, 0.25) is 0 Å². The molecule has 0 atom stereocenters. The highest BCUT2D eigenvalue weighted by Gasteiger charge is 2.20. The molecule has 0 aromatic heterocycles. The van der Waals surface area contributed by atoms with Crippen LogP contribution in [0.15, 0.2) is 12.7 Å². The van der Waals surface area contributed by atoms with Crippen LogP contribution in [0.3, 0.4) is 0 Å². The molecule has 1 aliphatic rings. The van der Waals surface area contributed by atoms with Crippen molar-refractivity contribution in [1.29, 1.82) is 0 Å². The highest BCUT2D eigenvalue weighted by atomic mass is 16.5. The van der Waals surface area contributed by atoms with Crippen molar-refractivity contribution in [1.82, 2.24) is 4.90 Å². The average molecular weight is 240 g/mol. The number of hydrogen-bond donors (Lipinski definition) is 1. The van der Waals surface area contributed by atoms with Gasteiger partial charge in [0.2, 0.25) is 0 Å². The van der Waals surface area contributed by atoms with Crippen molar-refractivity contribution < 1.29 is 4.74 Å². The summed E-state index contributed by atoms with van der Waals surface area (Å²) in [7, 11) is 2.12. The number of nitrogens with two attached hydrogens (primary N) is 1. The van der Waals surface area contributed by atoms with E-state index in [0.717, 1.165) is 38.6 Å². The first kappa shape index (κ1) is 14.7. The second-order valence-electron chi connectivity index (χ2n) is 5.15. The maximum Gasteiger partial charge on any atom is 0.0575 e. The fourth-order valence-electron chi connectivity index (χ4n) is 2.43. The molecule has 1 aliphatic carbocycles. The van der Waals surface area contributed by atoms with Crippen LogP contribution in [0.1, 0.15) is 32.1 Å². The Morgan fingerprint density at radius 1 is 1.35 bits per heavy atom. The fraction of sp³-hybridized carbons (Fsp3) is 0.857. The van der Waals surface area contributed by atoms with Gasteiger partial charge in [-0.2, -0.15) is 0 Å². The van der Waals surface area contributed by atoms with Gasteiger partial charge >= 0.3 is 0 Å². The lowest BCUT2D eigenvalue weighted by Crippen LogP contribution is -2.27. The summed E-state index contributed by atoms with van der Waals surface area (Å²) >= 11 is 0. The van der Waals surface area contributed by atoms with Crippen LogP contribution in [0, 0.1) is 5.92 Å². The molecule has 1 rings (SSSR count). The van der Waals surface area contributed by atoms with Gasteiger partial charge in [-0.25, -0.2) is 0 Å². The first-order valence-corrected chi connectivity index (χ1v) is 6.87. The molecular formula is C14H28N2O. The molecule has 0 bridgehead atoms. The number of hydrogen-bond acceptors (Lipinski definition) is 3. The van der Waals surface area contributed by atoms with E-state index in [0.29, 0.717) is 6.10 Å². The van der Waals surface area contributed by atoms with E-state index >= 15 is 0 Å². The van der Waals surface area contributed by atoms with Crippen LogP contribution in [0.4, 0.5) is 0 Å². The SMILES string of the molecule is C=CCN(C)CCCO[C@H]1CC[C@H](CN)CC1. The fourth-order valence-corrected chi connectivity index (χ4v) is 2.43. The Hall–Kier alpha value is -0.380. The number of rotatable bonds is 8. The van der Waals surface area contributed by atoms with E-state index in [4.69, 9.17) is 10.5 Å². The molecule has 0 aliphatic heterocycles. The zero-order valence-electron chi connectivity index (χ0n) is 11.2. The van der Waals surface area contributed by atoms with Gasteiger partial charge in [0.15, 0.2) is 0 Å². The monoisotopic (exact) mass is 240 g/mol. The van der Waals surface area contributed by atoms with Crippen LogP contribution in [0.5, 0.6) is 0 Å². The van der Waals surface area contributed by atoms with Gasteiger partial charge in [-0.3, -0.25) is 0 Å². The molecule has 0 saturated heterocycles. The van der Waals surface area contributed by atoms with Gasteiger partial charge in [0.05, 0.1) is 6.10 Å². The van der Waals surface area contributed by atoms with Crippen LogP contribution < -0.4 is 5.73 Å². The van der Waals surface area contributed by atoms with E-state index in [2.05, 4.69) is 18.5 Å². The lowest BCUT2D eigenvalue weighted by Gasteiger charge is -2.27. The summed E-state index contributed by atoms with van der Waals surface area (Å²) in [5, 5.41) is 0. The Balaban J connectivity index is 1.98. The molecule has 2 N–H and O–H groups in total. The van der Waals surface area contributed by atoms with Gasteiger partial charge in [-0.15, -0.1) is 6.58 Å². The Bertz CT molecular complexity index is 200. The standard InChI is InChI=1S/C14H28N2O/c1-3-9-16(2)10-4-11-17-14-7-5-13(12-15)6-8-14/h3,13-14H,1,4-12,15H2,2H3/t13-,14-. The predicted octanol–water partition coefficient (Wildman–Crippen LogP) is 2.03. The third kappa shape index (κ3) is 6.20. The maximum atomic E-state index is 5.91. The Kier molecular flexibility index (Phi) is 7.49. The number of nitrogens with zero attached hydrogens (tertiary/aromatic N) is 1. The highest BCUT2D eigenvalue weighted by Crippen LogP contribution is 2.25. The van der Waals surface area contributed by atoms with Crippen molar-refractivity contribution in [3.63, 3.8) is 0 Å². The summed E-state index contributed by atoms with van der Waals surface area (Å²) in [5.74, 6) is 0.744. The largest absolute Gasteiger partial charge is 0.378 e. The van der Waals surface area contributed by atoms with Crippen LogP contribution >= 0.6 is 0 Å². The topological polar surface area (TPSA) is 38.5 Å². The van der Waals surface area contributed by atoms with Crippen molar-refractivity contribution in [2.24, 2.45) is 11.7 Å². The van der Waals surface area contributed by atoms with E-state index in [-0.39, 0.29) is 0 Å².